The lowest BCUT2D eigenvalue weighted by Gasteiger charge is -2.18. The van der Waals surface area contributed by atoms with Gasteiger partial charge in [0.15, 0.2) is 0 Å². The minimum absolute atomic E-state index is 0.0385. The quantitative estimate of drug-likeness (QED) is 0.229. The Morgan fingerprint density at radius 3 is 1.61 bits per heavy atom. The van der Waals surface area contributed by atoms with Gasteiger partial charge in [0.25, 0.3) is 0 Å². The molecule has 0 saturated carbocycles. The maximum atomic E-state index is 9.67. The first-order valence-corrected chi connectivity index (χ1v) is 11.9. The van der Waals surface area contributed by atoms with Crippen LogP contribution in [-0.2, 0) is 0 Å². The summed E-state index contributed by atoms with van der Waals surface area (Å²) in [5, 5.41) is 3.24. The van der Waals surface area contributed by atoms with Gasteiger partial charge in [0.05, 0.1) is 9.60 Å². The molecular formula is C36H24. The first-order valence-electron chi connectivity index (χ1n) is 15.4. The van der Waals surface area contributed by atoms with Crippen LogP contribution in [0.25, 0.3) is 65.7 Å². The third kappa shape index (κ3) is 3.39. The molecule has 0 nitrogen and oxygen atoms in total. The third-order valence-corrected chi connectivity index (χ3v) is 6.66. The van der Waals surface area contributed by atoms with Gasteiger partial charge in [-0.15, -0.1) is 0 Å². The highest BCUT2D eigenvalue weighted by atomic mass is 14.2. The van der Waals surface area contributed by atoms with E-state index in [2.05, 4.69) is 0 Å². The van der Waals surface area contributed by atoms with E-state index < -0.39 is 0 Å². The summed E-state index contributed by atoms with van der Waals surface area (Å²) in [4.78, 5) is 0. The minimum Gasteiger partial charge on any atom is -0.0622 e. The van der Waals surface area contributed by atoms with E-state index in [9.17, 15) is 4.11 Å². The van der Waals surface area contributed by atoms with E-state index in [0.717, 1.165) is 10.8 Å². The normalized spacial score (nSPS) is 14.1. The largest absolute Gasteiger partial charge is 0.0636 e. The van der Waals surface area contributed by atoms with Crippen molar-refractivity contribution < 1.29 is 9.60 Å². The van der Waals surface area contributed by atoms with Crippen LogP contribution in [0.2, 0.25) is 0 Å². The Balaban J connectivity index is 1.79. The molecule has 7 aromatic carbocycles. The number of fused-ring (bicyclic) bond motifs is 3. The highest BCUT2D eigenvalue weighted by Gasteiger charge is 2.17. The Kier molecular flexibility index (Phi) is 3.47. The zero-order valence-corrected chi connectivity index (χ0v) is 19.3. The Hall–Kier alpha value is -4.68. The van der Waals surface area contributed by atoms with Crippen LogP contribution in [0.3, 0.4) is 0 Å². The van der Waals surface area contributed by atoms with Crippen LogP contribution in [0.5, 0.6) is 0 Å². The summed E-state index contributed by atoms with van der Waals surface area (Å²) in [6, 6.07) is 30.7. The summed E-state index contributed by atoms with van der Waals surface area (Å²) < 4.78 is 63.6. The molecule has 0 saturated heterocycles. The summed E-state index contributed by atoms with van der Waals surface area (Å²) in [5.41, 5.74) is 3.14. The molecule has 0 spiro atoms. The lowest BCUT2D eigenvalue weighted by Crippen LogP contribution is -1.91. The van der Waals surface area contributed by atoms with Gasteiger partial charge in [-0.25, -0.2) is 0 Å². The molecule has 7 aromatic rings. The molecule has 0 atom stereocenters. The molecule has 0 unspecified atom stereocenters. The van der Waals surface area contributed by atoms with Gasteiger partial charge in [0, 0.05) is 0 Å². The van der Waals surface area contributed by atoms with Crippen molar-refractivity contribution in [1.82, 2.24) is 0 Å². The van der Waals surface area contributed by atoms with Crippen LogP contribution in [0.15, 0.2) is 145 Å². The summed E-state index contributed by atoms with van der Waals surface area (Å²) >= 11 is 0. The standard InChI is InChI=1S/C36H24/c1-3-12-26(13-4-1)35-31-17-9-10-18-32(31)36(27-14-5-2-6-15-27)34-24-30(21-22-33(34)35)29-20-19-25-11-7-8-16-28(25)23-29/h1-24H/i9D,10D,17D,18D,21D,22D,24D. The molecule has 0 heterocycles. The molecule has 0 radical (unpaired) electrons. The van der Waals surface area contributed by atoms with E-state index in [4.69, 9.17) is 5.48 Å². The van der Waals surface area contributed by atoms with Gasteiger partial charge >= 0.3 is 0 Å². The zero-order valence-electron chi connectivity index (χ0n) is 26.3. The molecule has 0 fully saturated rings. The maximum absolute atomic E-state index is 9.67. The highest BCUT2D eigenvalue weighted by molar-refractivity contribution is 6.22. The lowest BCUT2D eigenvalue weighted by atomic mass is 9.85. The molecule has 0 heteroatoms. The van der Waals surface area contributed by atoms with Gasteiger partial charge in [0.1, 0.15) is 0 Å². The summed E-state index contributed by atoms with van der Waals surface area (Å²) in [5.74, 6) is 0. The predicted molar refractivity (Wildman–Crippen MR) is 155 cm³/mol. The molecule has 0 aliphatic rings. The number of hydrogen-bond acceptors (Lipinski definition) is 0. The second-order valence-corrected chi connectivity index (χ2v) is 8.79. The van der Waals surface area contributed by atoms with Gasteiger partial charge in [-0.2, -0.15) is 0 Å². The monoisotopic (exact) mass is 463 g/mol. The fourth-order valence-electron chi connectivity index (χ4n) is 4.99. The average molecular weight is 464 g/mol. The lowest BCUT2D eigenvalue weighted by molar-refractivity contribution is 1.64. The van der Waals surface area contributed by atoms with Crippen molar-refractivity contribution in [2.24, 2.45) is 0 Å². The van der Waals surface area contributed by atoms with Gasteiger partial charge < -0.3 is 0 Å². The molecule has 0 N–H and O–H groups in total. The van der Waals surface area contributed by atoms with Crippen molar-refractivity contribution in [2.45, 2.75) is 0 Å². The average Bonchev–Trinajstić information content (AvgIpc) is 3.04. The van der Waals surface area contributed by atoms with E-state index in [-0.39, 0.29) is 47.7 Å². The van der Waals surface area contributed by atoms with E-state index in [0.29, 0.717) is 49.5 Å². The van der Waals surface area contributed by atoms with Crippen molar-refractivity contribution in [3.8, 4) is 33.4 Å². The van der Waals surface area contributed by atoms with Gasteiger partial charge in [-0.05, 0) is 77.8 Å². The number of benzene rings is 7. The minimum atomic E-state index is -0.371. The zero-order chi connectivity index (χ0) is 30.0. The molecular weight excluding hydrogens is 432 g/mol. The second-order valence-electron chi connectivity index (χ2n) is 8.79. The second kappa shape index (κ2) is 8.52. The Labute approximate surface area is 220 Å². The van der Waals surface area contributed by atoms with Crippen LogP contribution < -0.4 is 0 Å². The SMILES string of the molecule is [2H]c1c([2H])c([2H])c2c(-c3ccccc3)c3c([2H])c(-c4ccc5ccccc5c4)c([2H])c([2H])c3c(-c3ccccc3)c2c1[2H]. The molecule has 0 aliphatic carbocycles. The van der Waals surface area contributed by atoms with Crippen LogP contribution in [0, 0.1) is 0 Å². The van der Waals surface area contributed by atoms with Gasteiger partial charge in [-0.3, -0.25) is 0 Å². The molecule has 36 heavy (non-hydrogen) atoms. The Morgan fingerprint density at radius 1 is 0.389 bits per heavy atom. The van der Waals surface area contributed by atoms with Crippen molar-refractivity contribution in [3.63, 3.8) is 0 Å². The van der Waals surface area contributed by atoms with E-state index in [1.165, 1.54) is 0 Å². The van der Waals surface area contributed by atoms with E-state index >= 15 is 0 Å². The Bertz CT molecular complexity index is 2240. The summed E-state index contributed by atoms with van der Waals surface area (Å²) in [6.45, 7) is 0. The summed E-state index contributed by atoms with van der Waals surface area (Å²) in [7, 11) is 0. The molecule has 7 rings (SSSR count). The number of rotatable bonds is 3. The first-order chi connectivity index (χ1) is 20.8. The third-order valence-electron chi connectivity index (χ3n) is 6.66. The molecule has 168 valence electrons. The molecule has 0 aliphatic heterocycles. The number of hydrogen-bond donors (Lipinski definition) is 0. The predicted octanol–water partition coefficient (Wildman–Crippen LogP) is 10.1. The van der Waals surface area contributed by atoms with Crippen molar-refractivity contribution in [1.29, 1.82) is 0 Å². The van der Waals surface area contributed by atoms with Crippen molar-refractivity contribution in [2.75, 3.05) is 0 Å². The maximum Gasteiger partial charge on any atom is 0.0636 e. The van der Waals surface area contributed by atoms with Crippen LogP contribution in [-0.4, -0.2) is 0 Å². The van der Waals surface area contributed by atoms with Crippen molar-refractivity contribution >= 4 is 32.3 Å². The van der Waals surface area contributed by atoms with E-state index in [1.54, 1.807) is 0 Å². The Morgan fingerprint density at radius 2 is 0.944 bits per heavy atom. The highest BCUT2D eigenvalue weighted by Crippen LogP contribution is 2.44. The van der Waals surface area contributed by atoms with E-state index in [1.807, 2.05) is 103 Å². The van der Waals surface area contributed by atoms with Crippen LogP contribution >= 0.6 is 0 Å². The smallest absolute Gasteiger partial charge is 0.0622 e. The fraction of sp³-hybridized carbons (Fsp3) is 0. The summed E-state index contributed by atoms with van der Waals surface area (Å²) in [6.07, 6.45) is 0. The fourth-order valence-corrected chi connectivity index (χ4v) is 4.99. The molecule has 0 aromatic heterocycles. The van der Waals surface area contributed by atoms with Gasteiger partial charge in [0.2, 0.25) is 0 Å². The first kappa shape index (κ1) is 14.7. The topological polar surface area (TPSA) is 0 Å². The van der Waals surface area contributed by atoms with Crippen molar-refractivity contribution in [3.05, 3.63) is 145 Å². The van der Waals surface area contributed by atoms with Crippen LogP contribution in [0.1, 0.15) is 9.60 Å². The van der Waals surface area contributed by atoms with Gasteiger partial charge in [-0.1, -0.05) is 133 Å². The molecule has 0 bridgehead atoms. The molecule has 0 amide bonds. The van der Waals surface area contributed by atoms with Crippen LogP contribution in [0.4, 0.5) is 0 Å².